The molecule has 2 heterocycles. The minimum atomic E-state index is 0.113. The van der Waals surface area contributed by atoms with Crippen molar-refractivity contribution in [2.24, 2.45) is 0 Å². The molecule has 1 fully saturated rings. The Hall–Kier alpha value is -1.67. The highest BCUT2D eigenvalue weighted by atomic mass is 15.0. The molecule has 98 valence electrons. The SMILES string of the molecule is CC1(C)N[C@@H](c2ccccc2)C[C@@H]1c1ccncc1. The van der Waals surface area contributed by atoms with Gasteiger partial charge in [-0.3, -0.25) is 4.98 Å². The van der Waals surface area contributed by atoms with Crippen LogP contribution < -0.4 is 5.32 Å². The Morgan fingerprint density at radius 2 is 1.68 bits per heavy atom. The molecule has 1 aliphatic rings. The van der Waals surface area contributed by atoms with Crippen molar-refractivity contribution in [3.8, 4) is 0 Å². The second-order valence-corrected chi connectivity index (χ2v) is 5.90. The minimum Gasteiger partial charge on any atom is -0.304 e. The van der Waals surface area contributed by atoms with Gasteiger partial charge in [0.1, 0.15) is 0 Å². The van der Waals surface area contributed by atoms with Crippen molar-refractivity contribution in [3.63, 3.8) is 0 Å². The maximum absolute atomic E-state index is 4.12. The minimum absolute atomic E-state index is 0.113. The predicted octanol–water partition coefficient (Wildman–Crippen LogP) is 3.68. The van der Waals surface area contributed by atoms with Crippen LogP contribution in [0.3, 0.4) is 0 Å². The Morgan fingerprint density at radius 1 is 1.00 bits per heavy atom. The molecule has 2 heteroatoms. The maximum Gasteiger partial charge on any atom is 0.0331 e. The van der Waals surface area contributed by atoms with Crippen LogP contribution >= 0.6 is 0 Å². The lowest BCUT2D eigenvalue weighted by Crippen LogP contribution is -2.37. The number of hydrogen-bond acceptors (Lipinski definition) is 2. The zero-order chi connectivity index (χ0) is 13.3. The van der Waals surface area contributed by atoms with Crippen molar-refractivity contribution in [1.29, 1.82) is 0 Å². The Labute approximate surface area is 114 Å². The fraction of sp³-hybridized carbons (Fsp3) is 0.353. The molecule has 0 spiro atoms. The summed E-state index contributed by atoms with van der Waals surface area (Å²) in [5.41, 5.74) is 2.88. The van der Waals surface area contributed by atoms with E-state index in [1.54, 1.807) is 0 Å². The van der Waals surface area contributed by atoms with Gasteiger partial charge in [-0.1, -0.05) is 30.3 Å². The number of nitrogens with zero attached hydrogens (tertiary/aromatic N) is 1. The highest BCUT2D eigenvalue weighted by Gasteiger charge is 2.40. The third kappa shape index (κ3) is 2.41. The first-order valence-corrected chi connectivity index (χ1v) is 6.89. The number of pyridine rings is 1. The molecule has 1 aromatic heterocycles. The molecular formula is C17H20N2. The van der Waals surface area contributed by atoms with Gasteiger partial charge in [-0.15, -0.1) is 0 Å². The van der Waals surface area contributed by atoms with Gasteiger partial charge in [0.2, 0.25) is 0 Å². The van der Waals surface area contributed by atoms with Crippen LogP contribution in [0.2, 0.25) is 0 Å². The average molecular weight is 252 g/mol. The van der Waals surface area contributed by atoms with Crippen LogP contribution in [0.1, 0.15) is 43.4 Å². The van der Waals surface area contributed by atoms with E-state index in [1.807, 2.05) is 12.4 Å². The topological polar surface area (TPSA) is 24.9 Å². The van der Waals surface area contributed by atoms with Crippen molar-refractivity contribution < 1.29 is 0 Å². The molecule has 2 atom stereocenters. The zero-order valence-electron chi connectivity index (χ0n) is 11.5. The van der Waals surface area contributed by atoms with Crippen LogP contribution in [-0.4, -0.2) is 10.5 Å². The Bertz CT molecular complexity index is 534. The summed E-state index contributed by atoms with van der Waals surface area (Å²) in [5.74, 6) is 0.528. The van der Waals surface area contributed by atoms with Gasteiger partial charge in [-0.25, -0.2) is 0 Å². The quantitative estimate of drug-likeness (QED) is 0.882. The second-order valence-electron chi connectivity index (χ2n) is 5.90. The normalized spacial score (nSPS) is 25.4. The van der Waals surface area contributed by atoms with Crippen LogP contribution in [0.15, 0.2) is 54.9 Å². The van der Waals surface area contributed by atoms with E-state index in [2.05, 4.69) is 66.6 Å². The van der Waals surface area contributed by atoms with Crippen molar-refractivity contribution >= 4 is 0 Å². The first-order valence-electron chi connectivity index (χ1n) is 6.89. The molecule has 2 aromatic rings. The zero-order valence-corrected chi connectivity index (χ0v) is 11.5. The van der Waals surface area contributed by atoms with Gasteiger partial charge in [0, 0.05) is 29.9 Å². The maximum atomic E-state index is 4.12. The van der Waals surface area contributed by atoms with Gasteiger partial charge in [0.15, 0.2) is 0 Å². The van der Waals surface area contributed by atoms with Gasteiger partial charge in [-0.2, -0.15) is 0 Å². The number of nitrogens with one attached hydrogen (secondary N) is 1. The fourth-order valence-corrected chi connectivity index (χ4v) is 3.19. The second kappa shape index (κ2) is 4.78. The van der Waals surface area contributed by atoms with Gasteiger partial charge in [0.05, 0.1) is 0 Å². The molecule has 1 aliphatic heterocycles. The van der Waals surface area contributed by atoms with Crippen molar-refractivity contribution in [2.45, 2.75) is 37.8 Å². The Morgan fingerprint density at radius 3 is 2.37 bits per heavy atom. The summed E-state index contributed by atoms with van der Waals surface area (Å²) in [7, 11) is 0. The number of rotatable bonds is 2. The van der Waals surface area contributed by atoms with Gasteiger partial charge < -0.3 is 5.32 Å². The summed E-state index contributed by atoms with van der Waals surface area (Å²) in [6.45, 7) is 4.59. The van der Waals surface area contributed by atoms with E-state index in [0.29, 0.717) is 12.0 Å². The first kappa shape index (κ1) is 12.4. The smallest absolute Gasteiger partial charge is 0.0331 e. The lowest BCUT2D eigenvalue weighted by molar-refractivity contribution is 0.397. The van der Waals surface area contributed by atoms with Crippen LogP contribution in [0.4, 0.5) is 0 Å². The van der Waals surface area contributed by atoms with E-state index >= 15 is 0 Å². The van der Waals surface area contributed by atoms with E-state index in [-0.39, 0.29) is 5.54 Å². The highest BCUT2D eigenvalue weighted by molar-refractivity contribution is 5.28. The van der Waals surface area contributed by atoms with E-state index in [4.69, 9.17) is 0 Å². The third-order valence-corrected chi connectivity index (χ3v) is 4.20. The average Bonchev–Trinajstić information content (AvgIpc) is 2.77. The fourth-order valence-electron chi connectivity index (χ4n) is 3.19. The Balaban J connectivity index is 1.88. The van der Waals surface area contributed by atoms with Gasteiger partial charge >= 0.3 is 0 Å². The molecule has 19 heavy (non-hydrogen) atoms. The summed E-state index contributed by atoms with van der Waals surface area (Å²) < 4.78 is 0. The molecule has 3 rings (SSSR count). The third-order valence-electron chi connectivity index (χ3n) is 4.20. The van der Waals surface area contributed by atoms with Crippen molar-refractivity contribution in [1.82, 2.24) is 10.3 Å². The monoisotopic (exact) mass is 252 g/mol. The lowest BCUT2D eigenvalue weighted by atomic mass is 9.83. The van der Waals surface area contributed by atoms with Crippen molar-refractivity contribution in [2.75, 3.05) is 0 Å². The largest absolute Gasteiger partial charge is 0.304 e. The van der Waals surface area contributed by atoms with E-state index < -0.39 is 0 Å². The molecule has 0 amide bonds. The molecule has 2 nitrogen and oxygen atoms in total. The number of hydrogen-bond donors (Lipinski definition) is 1. The molecule has 0 unspecified atom stereocenters. The molecule has 0 bridgehead atoms. The summed E-state index contributed by atoms with van der Waals surface area (Å²) in [6, 6.07) is 15.4. The standard InChI is InChI=1S/C17H20N2/c1-17(2)15(13-8-10-18-11-9-13)12-16(19-17)14-6-4-3-5-7-14/h3-11,15-16,19H,12H2,1-2H3/t15-,16-/m1/s1. The van der Waals surface area contributed by atoms with E-state index in [1.165, 1.54) is 11.1 Å². The van der Waals surface area contributed by atoms with Crippen LogP contribution in [0, 0.1) is 0 Å². The van der Waals surface area contributed by atoms with Crippen LogP contribution in [0.5, 0.6) is 0 Å². The highest BCUT2D eigenvalue weighted by Crippen LogP contribution is 2.43. The lowest BCUT2D eigenvalue weighted by Gasteiger charge is -2.27. The molecule has 1 N–H and O–H groups in total. The molecular weight excluding hydrogens is 232 g/mol. The summed E-state index contributed by atoms with van der Waals surface area (Å²) in [6.07, 6.45) is 4.92. The number of aromatic nitrogens is 1. The molecule has 1 aromatic carbocycles. The molecule has 1 saturated heterocycles. The molecule has 0 aliphatic carbocycles. The van der Waals surface area contributed by atoms with Crippen molar-refractivity contribution in [3.05, 3.63) is 66.0 Å². The summed E-state index contributed by atoms with van der Waals surface area (Å²) in [5, 5.41) is 3.77. The van der Waals surface area contributed by atoms with Crippen LogP contribution in [-0.2, 0) is 0 Å². The molecule has 0 saturated carbocycles. The first-order chi connectivity index (χ1) is 9.17. The van der Waals surface area contributed by atoms with Gasteiger partial charge in [0.25, 0.3) is 0 Å². The van der Waals surface area contributed by atoms with Gasteiger partial charge in [-0.05, 0) is 43.5 Å². The van der Waals surface area contributed by atoms with E-state index in [0.717, 1.165) is 6.42 Å². The number of benzene rings is 1. The van der Waals surface area contributed by atoms with Crippen LogP contribution in [0.25, 0.3) is 0 Å². The summed E-state index contributed by atoms with van der Waals surface area (Å²) in [4.78, 5) is 4.12. The Kier molecular flexibility index (Phi) is 3.11. The predicted molar refractivity (Wildman–Crippen MR) is 78.0 cm³/mol. The summed E-state index contributed by atoms with van der Waals surface area (Å²) >= 11 is 0. The molecule has 0 radical (unpaired) electrons. The van der Waals surface area contributed by atoms with E-state index in [9.17, 15) is 0 Å².